The predicted octanol–water partition coefficient (Wildman–Crippen LogP) is 8.31. The number of benzene rings is 5. The highest BCUT2D eigenvalue weighted by molar-refractivity contribution is 6.24. The molecular weight excluding hydrogens is 388 g/mol. The number of fused-ring (bicyclic) bond motifs is 6. The van der Waals surface area contributed by atoms with Gasteiger partial charge in [0.25, 0.3) is 0 Å². The molecule has 0 unspecified atom stereocenters. The summed E-state index contributed by atoms with van der Waals surface area (Å²) in [6.07, 6.45) is 0. The van der Waals surface area contributed by atoms with Gasteiger partial charge in [-0.25, -0.2) is 0 Å². The zero-order valence-electron chi connectivity index (χ0n) is 17.4. The van der Waals surface area contributed by atoms with E-state index in [1.807, 2.05) is 0 Å². The van der Waals surface area contributed by atoms with E-state index in [9.17, 15) is 0 Å². The summed E-state index contributed by atoms with van der Waals surface area (Å²) in [7, 11) is 0. The molecule has 7 aromatic rings. The van der Waals surface area contributed by atoms with Gasteiger partial charge in [0.05, 0.1) is 16.6 Å². The quantitative estimate of drug-likeness (QED) is 0.285. The Labute approximate surface area is 185 Å². The smallest absolute Gasteiger partial charge is 0.0622 e. The molecule has 0 N–H and O–H groups in total. The molecule has 0 fully saturated rings. The highest BCUT2D eigenvalue weighted by atomic mass is 15.1. The van der Waals surface area contributed by atoms with E-state index in [4.69, 9.17) is 0 Å². The van der Waals surface area contributed by atoms with Crippen molar-refractivity contribution in [2.24, 2.45) is 0 Å². The number of rotatable bonds is 3. The summed E-state index contributed by atoms with van der Waals surface area (Å²) in [5.41, 5.74) is 7.30. The first-order valence-electron chi connectivity index (χ1n) is 11.0. The van der Waals surface area contributed by atoms with Crippen LogP contribution in [-0.4, -0.2) is 4.40 Å². The van der Waals surface area contributed by atoms with E-state index in [0.717, 1.165) is 11.4 Å². The second kappa shape index (κ2) is 6.60. The minimum absolute atomic E-state index is 1.15. The first-order valence-corrected chi connectivity index (χ1v) is 11.0. The van der Waals surface area contributed by atoms with Gasteiger partial charge in [0, 0.05) is 38.6 Å². The van der Waals surface area contributed by atoms with Gasteiger partial charge in [-0.3, -0.25) is 0 Å². The largest absolute Gasteiger partial charge is 0.310 e. The van der Waals surface area contributed by atoms with Crippen molar-refractivity contribution in [1.82, 2.24) is 4.40 Å². The molecule has 0 radical (unpaired) electrons. The molecule has 5 aromatic carbocycles. The number of hydrogen-bond donors (Lipinski definition) is 0. The average molecular weight is 409 g/mol. The Morgan fingerprint density at radius 2 is 0.844 bits per heavy atom. The van der Waals surface area contributed by atoms with Gasteiger partial charge in [-0.05, 0) is 48.5 Å². The molecule has 0 aliphatic heterocycles. The Morgan fingerprint density at radius 3 is 1.34 bits per heavy atom. The molecule has 7 rings (SSSR count). The third kappa shape index (κ3) is 2.35. The number of para-hydroxylation sites is 4. The van der Waals surface area contributed by atoms with Crippen LogP contribution in [0.3, 0.4) is 0 Å². The van der Waals surface area contributed by atoms with Crippen molar-refractivity contribution in [3.63, 3.8) is 0 Å². The van der Waals surface area contributed by atoms with Crippen LogP contribution in [0.4, 0.5) is 17.1 Å². The normalized spacial score (nSPS) is 11.8. The van der Waals surface area contributed by atoms with Gasteiger partial charge in [-0.15, -0.1) is 0 Å². The fourth-order valence-electron chi connectivity index (χ4n) is 5.16. The molecule has 2 heterocycles. The van der Waals surface area contributed by atoms with Gasteiger partial charge in [0.15, 0.2) is 0 Å². The molecule has 0 amide bonds. The van der Waals surface area contributed by atoms with Crippen LogP contribution in [0.15, 0.2) is 121 Å². The van der Waals surface area contributed by atoms with Crippen LogP contribution < -0.4 is 4.90 Å². The van der Waals surface area contributed by atoms with Crippen molar-refractivity contribution in [2.75, 3.05) is 4.90 Å². The Kier molecular flexibility index (Phi) is 3.58. The molecule has 0 saturated heterocycles. The van der Waals surface area contributed by atoms with E-state index in [1.165, 1.54) is 43.8 Å². The van der Waals surface area contributed by atoms with Crippen LogP contribution >= 0.6 is 0 Å². The van der Waals surface area contributed by atoms with Gasteiger partial charge >= 0.3 is 0 Å². The number of anilines is 3. The first-order chi connectivity index (χ1) is 15.9. The Hall–Kier alpha value is -4.30. The lowest BCUT2D eigenvalue weighted by Gasteiger charge is -2.25. The van der Waals surface area contributed by atoms with Gasteiger partial charge in [-0.1, -0.05) is 72.8 Å². The molecule has 0 spiro atoms. The third-order valence-electron chi connectivity index (χ3n) is 6.48. The van der Waals surface area contributed by atoms with Gasteiger partial charge < -0.3 is 9.30 Å². The molecule has 0 aliphatic carbocycles. The van der Waals surface area contributed by atoms with Crippen LogP contribution in [-0.2, 0) is 0 Å². The van der Waals surface area contributed by atoms with E-state index >= 15 is 0 Å². The van der Waals surface area contributed by atoms with Crippen LogP contribution in [0.5, 0.6) is 0 Å². The third-order valence-corrected chi connectivity index (χ3v) is 6.48. The summed E-state index contributed by atoms with van der Waals surface area (Å²) in [6.45, 7) is 0. The maximum absolute atomic E-state index is 2.43. The molecule has 0 saturated carbocycles. The molecule has 32 heavy (non-hydrogen) atoms. The van der Waals surface area contributed by atoms with E-state index in [0.29, 0.717) is 0 Å². The van der Waals surface area contributed by atoms with E-state index < -0.39 is 0 Å². The van der Waals surface area contributed by atoms with E-state index in [2.05, 4.69) is 131 Å². The molecule has 0 aliphatic rings. The van der Waals surface area contributed by atoms with Crippen LogP contribution in [0.2, 0.25) is 0 Å². The fraction of sp³-hybridized carbons (Fsp3) is 0. The maximum atomic E-state index is 2.43. The maximum Gasteiger partial charge on any atom is 0.0622 e. The van der Waals surface area contributed by atoms with Gasteiger partial charge in [-0.2, -0.15) is 0 Å². The number of hydrogen-bond acceptors (Lipinski definition) is 1. The summed E-state index contributed by atoms with van der Waals surface area (Å²) in [5.74, 6) is 0. The van der Waals surface area contributed by atoms with Crippen molar-refractivity contribution in [1.29, 1.82) is 0 Å². The minimum atomic E-state index is 1.15. The van der Waals surface area contributed by atoms with Crippen molar-refractivity contribution in [3.8, 4) is 0 Å². The summed E-state index contributed by atoms with van der Waals surface area (Å²) < 4.78 is 2.43. The van der Waals surface area contributed by atoms with Crippen molar-refractivity contribution >= 4 is 55.2 Å². The molecule has 150 valence electrons. The second-order valence-corrected chi connectivity index (χ2v) is 8.27. The summed E-state index contributed by atoms with van der Waals surface area (Å²) >= 11 is 0. The van der Waals surface area contributed by atoms with E-state index in [1.54, 1.807) is 0 Å². The standard InChI is InChI=1S/C30H20N2/c1-3-11-21(12-4-1)31(22-13-5-2-6-14-22)23-19-26-24-15-7-9-17-28(24)32-29-18-10-8-16-25(29)27(20-23)30(26)32/h1-20H. The molecule has 0 bridgehead atoms. The molecule has 2 nitrogen and oxygen atoms in total. The van der Waals surface area contributed by atoms with E-state index in [-0.39, 0.29) is 0 Å². The highest BCUT2D eigenvalue weighted by Gasteiger charge is 2.20. The van der Waals surface area contributed by atoms with Gasteiger partial charge in [0.2, 0.25) is 0 Å². The highest BCUT2D eigenvalue weighted by Crippen LogP contribution is 2.44. The summed E-state index contributed by atoms with van der Waals surface area (Å²) in [5, 5.41) is 5.17. The SMILES string of the molecule is c1ccc(N(c2ccccc2)c2cc3c4ccccc4n4c5ccccc5c(c2)c34)cc1. The van der Waals surface area contributed by atoms with Gasteiger partial charge in [0.1, 0.15) is 0 Å². The molecule has 2 aromatic heterocycles. The average Bonchev–Trinajstić information content (AvgIpc) is 3.37. The predicted molar refractivity (Wildman–Crippen MR) is 136 cm³/mol. The summed E-state index contributed by atoms with van der Waals surface area (Å²) in [4.78, 5) is 2.35. The van der Waals surface area contributed by atoms with Crippen molar-refractivity contribution in [3.05, 3.63) is 121 Å². The van der Waals surface area contributed by atoms with Crippen LogP contribution in [0.1, 0.15) is 0 Å². The van der Waals surface area contributed by atoms with Crippen LogP contribution in [0.25, 0.3) is 38.1 Å². The topological polar surface area (TPSA) is 7.65 Å². The second-order valence-electron chi connectivity index (χ2n) is 8.27. The zero-order chi connectivity index (χ0) is 21.1. The summed E-state index contributed by atoms with van der Waals surface area (Å²) in [6, 6.07) is 43.4. The zero-order valence-corrected chi connectivity index (χ0v) is 17.4. The lowest BCUT2D eigenvalue weighted by atomic mass is 10.1. The Bertz CT molecular complexity index is 1590. The first kappa shape index (κ1) is 17.4. The van der Waals surface area contributed by atoms with Crippen LogP contribution in [0, 0.1) is 0 Å². The Balaban J connectivity index is 1.64. The Morgan fingerprint density at radius 1 is 0.406 bits per heavy atom. The minimum Gasteiger partial charge on any atom is -0.310 e. The number of nitrogens with zero attached hydrogens (tertiary/aromatic N) is 2. The lowest BCUT2D eigenvalue weighted by Crippen LogP contribution is -2.09. The monoisotopic (exact) mass is 408 g/mol. The van der Waals surface area contributed by atoms with Crippen molar-refractivity contribution < 1.29 is 0 Å². The lowest BCUT2D eigenvalue weighted by molar-refractivity contribution is 1.29. The molecule has 2 heteroatoms. The molecule has 0 atom stereocenters. The number of aromatic nitrogens is 1. The molecular formula is C30H20N2. The van der Waals surface area contributed by atoms with Crippen molar-refractivity contribution in [2.45, 2.75) is 0 Å². The fourth-order valence-corrected chi connectivity index (χ4v) is 5.16.